The van der Waals surface area contributed by atoms with E-state index in [4.69, 9.17) is 0 Å². The number of aryl methyl sites for hydroxylation is 1. The third-order valence-electron chi connectivity index (χ3n) is 13.0. The molecule has 0 saturated heterocycles. The van der Waals surface area contributed by atoms with E-state index in [0.717, 1.165) is 51.6 Å². The number of nitrogens with one attached hydrogen (secondary N) is 4. The van der Waals surface area contributed by atoms with Crippen molar-refractivity contribution < 1.29 is 23.7 Å². The molecule has 68 heavy (non-hydrogen) atoms. The summed E-state index contributed by atoms with van der Waals surface area (Å²) in [6, 6.07) is 33.4. The average Bonchev–Trinajstić information content (AvgIpc) is 3.87. The molecule has 3 atom stereocenters. The van der Waals surface area contributed by atoms with E-state index < -0.39 is 12.1 Å². The maximum Gasteiger partial charge on any atom is 0.263 e. The molecule has 4 N–H and O–H groups in total. The quantitative estimate of drug-likeness (QED) is 0.0513. The van der Waals surface area contributed by atoms with Crippen LogP contribution in [-0.2, 0) is 25.7 Å². The van der Waals surface area contributed by atoms with Crippen LogP contribution in [0.1, 0.15) is 84.1 Å². The number of nitrogens with zero attached hydrogens (tertiary/aromatic N) is 2. The van der Waals surface area contributed by atoms with E-state index in [1.165, 1.54) is 83.7 Å². The highest BCUT2D eigenvalue weighted by atomic mass is 32.2. The number of aromatic nitrogens is 1. The molecule has 4 amide bonds. The molecule has 1 aliphatic heterocycles. The van der Waals surface area contributed by atoms with Crippen LogP contribution in [0.2, 0.25) is 0 Å². The lowest BCUT2D eigenvalue weighted by Gasteiger charge is -2.29. The number of thiazole rings is 1. The predicted molar refractivity (Wildman–Crippen MR) is 278 cm³/mol. The minimum absolute atomic E-state index is 0.149. The smallest absolute Gasteiger partial charge is 0.263 e. The molecule has 4 aromatic carbocycles. The number of fused-ring (bicyclic) bond motifs is 3. The van der Waals surface area contributed by atoms with Gasteiger partial charge in [-0.05, 0) is 120 Å². The van der Waals surface area contributed by atoms with Crippen LogP contribution in [-0.4, -0.2) is 55.3 Å². The molecule has 3 aliphatic rings. The van der Waals surface area contributed by atoms with Crippen LogP contribution in [0.3, 0.4) is 0 Å². The molecule has 12 heteroatoms. The molecule has 3 unspecified atom stereocenters. The van der Waals surface area contributed by atoms with Crippen molar-refractivity contribution >= 4 is 68.7 Å². The van der Waals surface area contributed by atoms with E-state index in [1.807, 2.05) is 49.1 Å². The van der Waals surface area contributed by atoms with E-state index in [0.29, 0.717) is 31.8 Å². The van der Waals surface area contributed by atoms with E-state index in [-0.39, 0.29) is 23.6 Å². The first-order valence-corrected chi connectivity index (χ1v) is 25.8. The minimum Gasteiger partial charge on any atom is -0.354 e. The molecular formula is C56H63N6O4S2+. The van der Waals surface area contributed by atoms with Crippen molar-refractivity contribution in [3.8, 4) is 22.3 Å². The Morgan fingerprint density at radius 2 is 1.34 bits per heavy atom. The van der Waals surface area contributed by atoms with Gasteiger partial charge >= 0.3 is 0 Å². The number of hydrogen-bond donors (Lipinski definition) is 4. The summed E-state index contributed by atoms with van der Waals surface area (Å²) in [5.74, 6) is -0.185. The number of benzene rings is 4. The first kappa shape index (κ1) is 48.2. The fourth-order valence-electron chi connectivity index (χ4n) is 9.40. The molecule has 10 nitrogen and oxygen atoms in total. The topological polar surface area (TPSA) is 124 Å². The van der Waals surface area contributed by atoms with Crippen LogP contribution in [0.15, 0.2) is 142 Å². The molecule has 1 aromatic heterocycles. The number of thioether (sulfide) groups is 1. The average molecular weight is 948 g/mol. The second-order valence-electron chi connectivity index (χ2n) is 17.9. The summed E-state index contributed by atoms with van der Waals surface area (Å²) >= 11 is 3.63. The van der Waals surface area contributed by atoms with Gasteiger partial charge in [-0.25, -0.2) is 0 Å². The lowest BCUT2D eigenvalue weighted by Crippen LogP contribution is -2.46. The van der Waals surface area contributed by atoms with Gasteiger partial charge in [0.2, 0.25) is 29.1 Å². The third kappa shape index (κ3) is 11.9. The van der Waals surface area contributed by atoms with Gasteiger partial charge in [0.1, 0.15) is 16.8 Å². The van der Waals surface area contributed by atoms with Crippen molar-refractivity contribution in [3.63, 3.8) is 0 Å². The van der Waals surface area contributed by atoms with E-state index in [9.17, 15) is 19.2 Å². The van der Waals surface area contributed by atoms with Crippen LogP contribution in [0.5, 0.6) is 0 Å². The Morgan fingerprint density at radius 1 is 0.721 bits per heavy atom. The minimum atomic E-state index is -0.531. The molecule has 0 fully saturated rings. The highest BCUT2D eigenvalue weighted by Crippen LogP contribution is 2.49. The first-order chi connectivity index (χ1) is 33.1. The fourth-order valence-corrected chi connectivity index (χ4v) is 11.8. The molecule has 8 rings (SSSR count). The van der Waals surface area contributed by atoms with Crippen molar-refractivity contribution in [2.75, 3.05) is 24.5 Å². The Morgan fingerprint density at radius 3 is 1.99 bits per heavy atom. The molecular weight excluding hydrogens is 885 g/mol. The number of anilines is 1. The number of amides is 4. The Labute approximate surface area is 409 Å². The fraction of sp³-hybridized carbons (Fsp3) is 0.339. The van der Waals surface area contributed by atoms with Gasteiger partial charge in [-0.3, -0.25) is 19.2 Å². The van der Waals surface area contributed by atoms with Crippen molar-refractivity contribution in [1.82, 2.24) is 21.3 Å². The summed E-state index contributed by atoms with van der Waals surface area (Å²) < 4.78 is 3.62. The highest BCUT2D eigenvalue weighted by molar-refractivity contribution is 8.03. The lowest BCUT2D eigenvalue weighted by molar-refractivity contribution is -0.669. The molecule has 0 spiro atoms. The van der Waals surface area contributed by atoms with Gasteiger partial charge < -0.3 is 26.2 Å². The van der Waals surface area contributed by atoms with Gasteiger partial charge in [-0.1, -0.05) is 116 Å². The normalized spacial score (nSPS) is 17.5. The summed E-state index contributed by atoms with van der Waals surface area (Å²) in [4.78, 5) is 52.8. The first-order valence-electron chi connectivity index (χ1n) is 24.2. The zero-order chi connectivity index (χ0) is 47.6. The van der Waals surface area contributed by atoms with Crippen LogP contribution in [0, 0.1) is 5.92 Å². The molecule has 0 saturated carbocycles. The van der Waals surface area contributed by atoms with Gasteiger partial charge in [0, 0.05) is 56.9 Å². The molecule has 2 heterocycles. The van der Waals surface area contributed by atoms with Crippen molar-refractivity contribution in [3.05, 3.63) is 142 Å². The maximum atomic E-state index is 12.9. The van der Waals surface area contributed by atoms with E-state index in [2.05, 4.69) is 140 Å². The number of hydrogen-bond acceptors (Lipinski definition) is 7. The third-order valence-corrected chi connectivity index (χ3v) is 15.1. The SMILES string of the molecule is CCC(NC(C)=O)C(=O)NCCCN1/C(=C/C2=CC3=C/C(=C/c4sc5cc(-c6ccccc6)ccc5[n+]4CCCNC(=O)C(CC)NC(C)=O)CCC3CC2)Sc2cc(-c3ccccc3)ccc21. The van der Waals surface area contributed by atoms with Crippen molar-refractivity contribution in [1.29, 1.82) is 0 Å². The maximum absolute atomic E-state index is 12.9. The van der Waals surface area contributed by atoms with E-state index in [1.54, 1.807) is 0 Å². The Hall–Kier alpha value is -6.24. The van der Waals surface area contributed by atoms with Gasteiger partial charge in [0.15, 0.2) is 6.54 Å². The van der Waals surface area contributed by atoms with Crippen molar-refractivity contribution in [2.24, 2.45) is 5.92 Å². The molecule has 0 radical (unpaired) electrons. The Kier molecular flexibility index (Phi) is 16.1. The molecule has 5 aromatic rings. The molecule has 0 bridgehead atoms. The second kappa shape index (κ2) is 22.7. The Bertz CT molecular complexity index is 2780. The summed E-state index contributed by atoms with van der Waals surface area (Å²) in [6.45, 7) is 9.19. The summed E-state index contributed by atoms with van der Waals surface area (Å²) in [5, 5.41) is 14.0. The molecule has 2 aliphatic carbocycles. The van der Waals surface area contributed by atoms with Gasteiger partial charge in [0.25, 0.3) is 5.01 Å². The van der Waals surface area contributed by atoms with Gasteiger partial charge in [-0.2, -0.15) is 4.57 Å². The summed E-state index contributed by atoms with van der Waals surface area (Å²) in [7, 11) is 0. The van der Waals surface area contributed by atoms with Crippen LogP contribution in [0.25, 0.3) is 38.5 Å². The highest BCUT2D eigenvalue weighted by Gasteiger charge is 2.29. The number of carbonyl (C=O) groups excluding carboxylic acids is 4. The Balaban J connectivity index is 1.04. The summed E-state index contributed by atoms with van der Waals surface area (Å²) in [5.41, 5.74) is 11.1. The number of allylic oxidation sites excluding steroid dienone is 6. The number of carbonyl (C=O) groups is 4. The van der Waals surface area contributed by atoms with Crippen LogP contribution >= 0.6 is 23.1 Å². The van der Waals surface area contributed by atoms with Gasteiger partial charge in [0.05, 0.1) is 10.7 Å². The van der Waals surface area contributed by atoms with Gasteiger partial charge in [-0.15, -0.1) is 0 Å². The lowest BCUT2D eigenvalue weighted by atomic mass is 9.77. The monoisotopic (exact) mass is 947 g/mol. The van der Waals surface area contributed by atoms with Crippen molar-refractivity contribution in [2.45, 2.75) is 103 Å². The molecule has 352 valence electrons. The van der Waals surface area contributed by atoms with Crippen LogP contribution < -0.4 is 30.7 Å². The second-order valence-corrected chi connectivity index (χ2v) is 20.0. The zero-order valence-electron chi connectivity index (χ0n) is 39.6. The standard InChI is InChI=1S/C56H62N6O4S2/c1-5-47(59-37(3)63)55(65)57-27-13-29-61-49-25-23-44(41-15-9-7-10-16-41)35-51(49)67-53(61)33-39-19-21-43-22-20-40(32-46(43)31-39)34-54-62(30-14-28-58-56(66)48(6-2)60-38(4)64)50-26-24-45(36-52(50)68-54)42-17-11-8-12-18-42/h7-12,15-18,23-26,31-36,43,47-48H,5-6,13-14,19-22,27-30H2,1-4H3,(H3-,57,58,59,60,63,64,65,66)/p+1. The number of rotatable bonds is 18. The predicted octanol–water partition coefficient (Wildman–Crippen LogP) is 10.3. The van der Waals surface area contributed by atoms with E-state index >= 15 is 0 Å². The van der Waals surface area contributed by atoms with Crippen LogP contribution in [0.4, 0.5) is 5.69 Å². The summed E-state index contributed by atoms with van der Waals surface area (Å²) in [6.07, 6.45) is 16.4. The zero-order valence-corrected chi connectivity index (χ0v) is 41.2. The largest absolute Gasteiger partial charge is 0.354 e.